The van der Waals surface area contributed by atoms with E-state index >= 15 is 0 Å². The maximum Gasteiger partial charge on any atom is 0.422 e. The Morgan fingerprint density at radius 3 is 2.35 bits per heavy atom. The number of aromatic nitrogens is 3. The molecule has 1 saturated carbocycles. The summed E-state index contributed by atoms with van der Waals surface area (Å²) in [5, 5.41) is 8.04. The third-order valence-corrected chi connectivity index (χ3v) is 6.35. The molecule has 5 nitrogen and oxygen atoms in total. The number of piperazine rings is 1. The number of nitrogens with zero attached hydrogens (tertiary/aromatic N) is 5. The first-order valence-corrected chi connectivity index (χ1v) is 10.9. The highest BCUT2D eigenvalue weighted by Crippen LogP contribution is 2.40. The van der Waals surface area contributed by atoms with Crippen molar-refractivity contribution < 1.29 is 13.2 Å². The Kier molecular flexibility index (Phi) is 5.33. The molecule has 1 aliphatic heterocycles. The second kappa shape index (κ2) is 8.15. The summed E-state index contributed by atoms with van der Waals surface area (Å²) in [5.74, 6) is 1.16. The smallest absolute Gasteiger partial charge is 0.368 e. The molecule has 0 N–H and O–H groups in total. The lowest BCUT2D eigenvalue weighted by molar-refractivity contribution is -0.136. The van der Waals surface area contributed by atoms with Crippen molar-refractivity contribution in [1.82, 2.24) is 19.5 Å². The molecule has 2 aromatic heterocycles. The van der Waals surface area contributed by atoms with E-state index in [0.717, 1.165) is 38.9 Å². The summed E-state index contributed by atoms with van der Waals surface area (Å²) in [6.07, 6.45) is 1.11. The van der Waals surface area contributed by atoms with Crippen LogP contribution in [-0.2, 0) is 19.0 Å². The van der Waals surface area contributed by atoms with Gasteiger partial charge in [-0.2, -0.15) is 13.2 Å². The van der Waals surface area contributed by atoms with Crippen LogP contribution in [0.3, 0.4) is 0 Å². The van der Waals surface area contributed by atoms with Crippen molar-refractivity contribution >= 4 is 11.3 Å². The lowest BCUT2D eigenvalue weighted by Crippen LogP contribution is -2.47. The van der Waals surface area contributed by atoms with Gasteiger partial charge >= 0.3 is 6.18 Å². The number of pyridine rings is 1. The molecule has 0 unspecified atom stereocenters. The first-order valence-electron chi connectivity index (χ1n) is 10.9. The molecule has 31 heavy (non-hydrogen) atoms. The second-order valence-electron chi connectivity index (χ2n) is 8.60. The Morgan fingerprint density at radius 2 is 1.68 bits per heavy atom. The second-order valence-corrected chi connectivity index (χ2v) is 8.60. The Hall–Kier alpha value is -2.61. The molecule has 2 fully saturated rings. The van der Waals surface area contributed by atoms with Crippen LogP contribution in [0.15, 0.2) is 42.6 Å². The van der Waals surface area contributed by atoms with Crippen LogP contribution in [0.1, 0.15) is 29.8 Å². The van der Waals surface area contributed by atoms with Gasteiger partial charge in [-0.05, 0) is 36.8 Å². The van der Waals surface area contributed by atoms with Gasteiger partial charge in [-0.3, -0.25) is 9.30 Å². The molecular formula is C23H26F3N5. The zero-order chi connectivity index (χ0) is 21.4. The van der Waals surface area contributed by atoms with E-state index in [9.17, 15) is 13.2 Å². The van der Waals surface area contributed by atoms with Gasteiger partial charge in [0, 0.05) is 45.3 Å². The van der Waals surface area contributed by atoms with Crippen molar-refractivity contribution in [3.8, 4) is 0 Å². The molecule has 1 aromatic carbocycles. The first kappa shape index (κ1) is 20.3. The lowest BCUT2D eigenvalue weighted by atomic mass is 10.1. The largest absolute Gasteiger partial charge is 0.422 e. The van der Waals surface area contributed by atoms with Crippen molar-refractivity contribution in [3.63, 3.8) is 0 Å². The van der Waals surface area contributed by atoms with E-state index in [0.29, 0.717) is 31.3 Å². The van der Waals surface area contributed by atoms with E-state index in [1.165, 1.54) is 9.96 Å². The summed E-state index contributed by atoms with van der Waals surface area (Å²) in [7, 11) is 0. The Bertz CT molecular complexity index is 1030. The van der Waals surface area contributed by atoms with Crippen LogP contribution in [0, 0.1) is 5.92 Å². The maximum absolute atomic E-state index is 14.1. The summed E-state index contributed by atoms with van der Waals surface area (Å²) in [5.41, 5.74) is 0.756. The molecule has 5 rings (SSSR count). The number of hydrogen-bond acceptors (Lipinski definition) is 4. The Labute approximate surface area is 179 Å². The molecule has 1 aliphatic carbocycles. The van der Waals surface area contributed by atoms with E-state index in [2.05, 4.69) is 27.2 Å². The number of fused-ring (bicyclic) bond motifs is 1. The number of hydrogen-bond donors (Lipinski definition) is 0. The summed E-state index contributed by atoms with van der Waals surface area (Å²) in [6, 6.07) is 11.9. The predicted molar refractivity (Wildman–Crippen MR) is 113 cm³/mol. The molecule has 0 amide bonds. The zero-order valence-electron chi connectivity index (χ0n) is 17.4. The predicted octanol–water partition coefficient (Wildman–Crippen LogP) is 4.07. The van der Waals surface area contributed by atoms with Crippen molar-refractivity contribution in [2.24, 2.45) is 5.92 Å². The molecule has 2 aliphatic rings. The molecular weight excluding hydrogens is 403 g/mol. The third kappa shape index (κ3) is 4.39. The van der Waals surface area contributed by atoms with Gasteiger partial charge in [0.2, 0.25) is 0 Å². The lowest BCUT2D eigenvalue weighted by Gasteiger charge is -2.37. The average Bonchev–Trinajstić information content (AvgIpc) is 3.50. The molecule has 1 saturated heterocycles. The normalized spacial score (nSPS) is 18.1. The van der Waals surface area contributed by atoms with Gasteiger partial charge in [0.1, 0.15) is 11.4 Å². The number of benzene rings is 1. The Morgan fingerprint density at radius 1 is 0.935 bits per heavy atom. The van der Waals surface area contributed by atoms with Crippen LogP contribution in [-0.4, -0.2) is 52.2 Å². The molecule has 3 heterocycles. The van der Waals surface area contributed by atoms with Gasteiger partial charge in [0.05, 0.1) is 5.69 Å². The van der Waals surface area contributed by atoms with E-state index in [4.69, 9.17) is 0 Å². The Balaban J connectivity index is 1.33. The fraction of sp³-hybridized carbons (Fsp3) is 0.478. The maximum atomic E-state index is 14.1. The topological polar surface area (TPSA) is 36.7 Å². The van der Waals surface area contributed by atoms with Crippen LogP contribution in [0.2, 0.25) is 0 Å². The molecule has 3 aromatic rings. The number of halogens is 3. The fourth-order valence-electron chi connectivity index (χ4n) is 4.39. The van der Waals surface area contributed by atoms with Gasteiger partial charge in [0.15, 0.2) is 5.65 Å². The van der Waals surface area contributed by atoms with Crippen LogP contribution in [0.5, 0.6) is 0 Å². The van der Waals surface area contributed by atoms with Gasteiger partial charge in [-0.25, -0.2) is 0 Å². The SMILES string of the molecule is FC(F)(F)c1c(N2CCN(CCc3ccccc3)CC2)ccn2c(CC3CC3)nnc12. The molecule has 0 spiro atoms. The monoisotopic (exact) mass is 429 g/mol. The molecule has 8 heteroatoms. The van der Waals surface area contributed by atoms with Crippen LogP contribution in [0.4, 0.5) is 18.9 Å². The molecule has 0 atom stereocenters. The van der Waals surface area contributed by atoms with Gasteiger partial charge in [-0.1, -0.05) is 30.3 Å². The highest BCUT2D eigenvalue weighted by atomic mass is 19.4. The van der Waals surface area contributed by atoms with Crippen LogP contribution >= 0.6 is 0 Å². The fourth-order valence-corrected chi connectivity index (χ4v) is 4.39. The standard InChI is InChI=1S/C23H26F3N5/c24-23(25,26)21-19(9-11-31-20(16-18-6-7-18)27-28-22(21)31)30-14-12-29(13-15-30)10-8-17-4-2-1-3-5-17/h1-5,9,11,18H,6-8,10,12-16H2. The van der Waals surface area contributed by atoms with Gasteiger partial charge < -0.3 is 4.90 Å². The molecule has 0 radical (unpaired) electrons. The van der Waals surface area contributed by atoms with Crippen molar-refractivity contribution in [1.29, 1.82) is 0 Å². The minimum absolute atomic E-state index is 0.0767. The third-order valence-electron chi connectivity index (χ3n) is 6.35. The quantitative estimate of drug-likeness (QED) is 0.592. The number of alkyl halides is 3. The van der Waals surface area contributed by atoms with Crippen LogP contribution in [0.25, 0.3) is 5.65 Å². The summed E-state index contributed by atoms with van der Waals surface area (Å²) < 4.78 is 43.8. The van der Waals surface area contributed by atoms with Gasteiger partial charge in [-0.15, -0.1) is 10.2 Å². The van der Waals surface area contributed by atoms with E-state index in [1.54, 1.807) is 12.3 Å². The van der Waals surface area contributed by atoms with Crippen molar-refractivity contribution in [2.45, 2.75) is 31.9 Å². The number of anilines is 1. The highest BCUT2D eigenvalue weighted by molar-refractivity contribution is 5.67. The van der Waals surface area contributed by atoms with E-state index in [-0.39, 0.29) is 11.3 Å². The molecule has 0 bridgehead atoms. The molecule has 164 valence electrons. The summed E-state index contributed by atoms with van der Waals surface area (Å²) >= 11 is 0. The average molecular weight is 429 g/mol. The first-order chi connectivity index (χ1) is 15.0. The zero-order valence-corrected chi connectivity index (χ0v) is 17.4. The van der Waals surface area contributed by atoms with Crippen molar-refractivity contribution in [2.75, 3.05) is 37.6 Å². The summed E-state index contributed by atoms with van der Waals surface area (Å²) in [6.45, 7) is 3.54. The van der Waals surface area contributed by atoms with Gasteiger partial charge in [0.25, 0.3) is 0 Å². The minimum atomic E-state index is -4.48. The van der Waals surface area contributed by atoms with E-state index in [1.807, 2.05) is 23.1 Å². The van der Waals surface area contributed by atoms with E-state index < -0.39 is 11.7 Å². The summed E-state index contributed by atoms with van der Waals surface area (Å²) in [4.78, 5) is 4.16. The van der Waals surface area contributed by atoms with Crippen LogP contribution < -0.4 is 4.90 Å². The number of rotatable bonds is 6. The van der Waals surface area contributed by atoms with Crippen molar-refractivity contribution in [3.05, 3.63) is 59.5 Å². The highest BCUT2D eigenvalue weighted by Gasteiger charge is 2.39. The minimum Gasteiger partial charge on any atom is -0.368 e.